The van der Waals surface area contributed by atoms with Crippen molar-refractivity contribution in [3.63, 3.8) is 0 Å². The molecule has 180 valence electrons. The van der Waals surface area contributed by atoms with E-state index in [0.29, 0.717) is 40.1 Å². The lowest BCUT2D eigenvalue weighted by atomic mass is 10.0. The summed E-state index contributed by atoms with van der Waals surface area (Å²) in [6, 6.07) is 17.0. The van der Waals surface area contributed by atoms with E-state index < -0.39 is 9.84 Å². The highest BCUT2D eigenvalue weighted by Gasteiger charge is 2.32. The smallest absolute Gasteiger partial charge is 0.256 e. The Morgan fingerprint density at radius 2 is 1.86 bits per heavy atom. The second-order valence-corrected chi connectivity index (χ2v) is 12.0. The minimum Gasteiger partial charge on any atom is -0.322 e. The molecule has 0 saturated carbocycles. The number of nitrogens with zero attached hydrogens (tertiary/aromatic N) is 3. The molecule has 7 nitrogen and oxygen atoms in total. The molecule has 9 heteroatoms. The minimum atomic E-state index is -3.12. The average Bonchev–Trinajstić information content (AvgIpc) is 3.38. The van der Waals surface area contributed by atoms with Gasteiger partial charge in [-0.15, -0.1) is 0 Å². The van der Waals surface area contributed by atoms with Crippen LogP contribution in [0.2, 0.25) is 0 Å². The van der Waals surface area contributed by atoms with E-state index in [4.69, 9.17) is 4.98 Å². The number of aryl methyl sites for hydroxylation is 2. The highest BCUT2D eigenvalue weighted by Crippen LogP contribution is 2.32. The van der Waals surface area contributed by atoms with Crippen LogP contribution >= 0.6 is 15.9 Å². The van der Waals surface area contributed by atoms with Crippen molar-refractivity contribution in [2.24, 2.45) is 0 Å². The van der Waals surface area contributed by atoms with Crippen LogP contribution in [0.4, 0.5) is 5.69 Å². The molecule has 2 aromatic heterocycles. The van der Waals surface area contributed by atoms with Gasteiger partial charge in [-0.3, -0.25) is 4.79 Å². The van der Waals surface area contributed by atoms with Crippen LogP contribution in [-0.2, 0) is 16.3 Å². The van der Waals surface area contributed by atoms with Crippen LogP contribution in [-0.4, -0.2) is 40.6 Å². The van der Waals surface area contributed by atoms with Gasteiger partial charge < -0.3 is 5.32 Å². The number of halogens is 1. The molecule has 1 aliphatic heterocycles. The quantitative estimate of drug-likeness (QED) is 0.360. The number of fused-ring (bicyclic) bond motifs is 1. The van der Waals surface area contributed by atoms with Gasteiger partial charge in [-0.25, -0.2) is 18.1 Å². The lowest BCUT2D eigenvalue weighted by Gasteiger charge is -2.13. The molecular formula is C26H25BrN4O3S. The van der Waals surface area contributed by atoms with Gasteiger partial charge in [0.05, 0.1) is 39.9 Å². The van der Waals surface area contributed by atoms with Crippen molar-refractivity contribution < 1.29 is 13.2 Å². The Morgan fingerprint density at radius 1 is 1.14 bits per heavy atom. The number of anilines is 1. The fourth-order valence-electron chi connectivity index (χ4n) is 4.51. The van der Waals surface area contributed by atoms with Gasteiger partial charge in [0, 0.05) is 15.7 Å². The van der Waals surface area contributed by atoms with E-state index in [2.05, 4.69) is 45.4 Å². The highest BCUT2D eigenvalue weighted by atomic mass is 79.9. The Labute approximate surface area is 212 Å². The summed E-state index contributed by atoms with van der Waals surface area (Å²) in [7, 11) is -3.12. The first-order valence-corrected chi connectivity index (χ1v) is 14.1. The summed E-state index contributed by atoms with van der Waals surface area (Å²) in [6.07, 6.45) is 1.41. The van der Waals surface area contributed by atoms with Crippen LogP contribution in [0.15, 0.2) is 59.1 Å². The number of aromatic nitrogens is 3. The number of hydrogen-bond acceptors (Lipinski definition) is 5. The molecule has 1 unspecified atom stereocenters. The monoisotopic (exact) mass is 552 g/mol. The summed E-state index contributed by atoms with van der Waals surface area (Å²) in [4.78, 5) is 18.4. The van der Waals surface area contributed by atoms with Crippen LogP contribution in [0.1, 0.15) is 41.0 Å². The fourth-order valence-corrected chi connectivity index (χ4v) is 6.46. The van der Waals surface area contributed by atoms with E-state index in [-0.39, 0.29) is 23.5 Å². The van der Waals surface area contributed by atoms with Crippen molar-refractivity contribution in [2.45, 2.75) is 32.7 Å². The van der Waals surface area contributed by atoms with Crippen LogP contribution < -0.4 is 5.32 Å². The number of carbonyl (C=O) groups is 1. The Morgan fingerprint density at radius 3 is 2.49 bits per heavy atom. The van der Waals surface area contributed by atoms with Crippen molar-refractivity contribution in [3.8, 4) is 11.3 Å². The number of sulfone groups is 1. The summed E-state index contributed by atoms with van der Waals surface area (Å²) >= 11 is 3.41. The zero-order valence-electron chi connectivity index (χ0n) is 19.5. The first kappa shape index (κ1) is 23.7. The number of pyridine rings is 1. The molecule has 1 fully saturated rings. The Kier molecular flexibility index (Phi) is 6.23. The van der Waals surface area contributed by atoms with E-state index in [1.807, 2.05) is 43.3 Å². The topological polar surface area (TPSA) is 94.0 Å². The van der Waals surface area contributed by atoms with E-state index in [9.17, 15) is 13.2 Å². The van der Waals surface area contributed by atoms with Crippen LogP contribution in [0.25, 0.3) is 22.3 Å². The summed E-state index contributed by atoms with van der Waals surface area (Å²) in [5, 5.41) is 8.27. The summed E-state index contributed by atoms with van der Waals surface area (Å²) in [5.41, 5.74) is 5.03. The SMILES string of the molecule is CCc1ccc(-c2cc(C(=O)Nc3ccc(Br)cc3)c3c(C)nn(C4CCS(=O)(=O)C4)c3n2)cc1. The van der Waals surface area contributed by atoms with Crippen molar-refractivity contribution in [1.29, 1.82) is 0 Å². The summed E-state index contributed by atoms with van der Waals surface area (Å²) < 4.78 is 27.0. The number of carbonyl (C=O) groups excluding carboxylic acids is 1. The summed E-state index contributed by atoms with van der Waals surface area (Å²) in [6.45, 7) is 3.93. The fraction of sp³-hybridized carbons (Fsp3) is 0.269. The van der Waals surface area contributed by atoms with Crippen molar-refractivity contribution >= 4 is 48.4 Å². The molecule has 0 spiro atoms. The van der Waals surface area contributed by atoms with E-state index in [0.717, 1.165) is 16.5 Å². The van der Waals surface area contributed by atoms with Gasteiger partial charge in [-0.05, 0) is 55.7 Å². The zero-order valence-corrected chi connectivity index (χ0v) is 21.9. The number of benzene rings is 2. The molecule has 35 heavy (non-hydrogen) atoms. The predicted octanol–water partition coefficient (Wildman–Crippen LogP) is 5.34. The Balaban J connectivity index is 1.66. The second kappa shape index (κ2) is 9.20. The van der Waals surface area contributed by atoms with Crippen LogP contribution in [0.5, 0.6) is 0 Å². The Bertz CT molecular complexity index is 1530. The number of amides is 1. The standard InChI is InChI=1S/C26H25BrN4O3S/c1-3-17-4-6-18(7-5-17)23-14-22(26(32)28-20-10-8-19(27)9-11-20)24-16(2)30-31(25(24)29-23)21-12-13-35(33,34)15-21/h4-11,14,21H,3,12-13,15H2,1-2H3,(H,28,32). The van der Waals surface area contributed by atoms with Crippen molar-refractivity contribution in [2.75, 3.05) is 16.8 Å². The molecular weight excluding hydrogens is 528 g/mol. The third-order valence-corrected chi connectivity index (χ3v) is 8.67. The first-order valence-electron chi connectivity index (χ1n) is 11.5. The third kappa shape index (κ3) is 4.75. The number of hydrogen-bond donors (Lipinski definition) is 1. The highest BCUT2D eigenvalue weighted by molar-refractivity contribution is 9.10. The average molecular weight is 553 g/mol. The van der Waals surface area contributed by atoms with Gasteiger partial charge in [-0.2, -0.15) is 5.10 Å². The lowest BCUT2D eigenvalue weighted by Crippen LogP contribution is -2.15. The van der Waals surface area contributed by atoms with Crippen molar-refractivity contribution in [1.82, 2.24) is 14.8 Å². The second-order valence-electron chi connectivity index (χ2n) is 8.85. The van der Waals surface area contributed by atoms with Gasteiger partial charge >= 0.3 is 0 Å². The molecule has 1 aliphatic rings. The molecule has 1 atom stereocenters. The Hall–Kier alpha value is -3.04. The van der Waals surface area contributed by atoms with Crippen LogP contribution in [0, 0.1) is 6.92 Å². The van der Waals surface area contributed by atoms with Gasteiger partial charge in [0.25, 0.3) is 5.91 Å². The minimum absolute atomic E-state index is 0.0285. The van der Waals surface area contributed by atoms with Crippen molar-refractivity contribution in [3.05, 3.63) is 75.9 Å². The molecule has 1 N–H and O–H groups in total. The maximum atomic E-state index is 13.5. The van der Waals surface area contributed by atoms with Gasteiger partial charge in [0.15, 0.2) is 15.5 Å². The molecule has 3 heterocycles. The molecule has 1 amide bonds. The van der Waals surface area contributed by atoms with Gasteiger partial charge in [0.1, 0.15) is 0 Å². The number of nitrogens with one attached hydrogen (secondary N) is 1. The normalized spacial score (nSPS) is 17.1. The molecule has 4 aromatic rings. The number of rotatable bonds is 5. The third-order valence-electron chi connectivity index (χ3n) is 6.40. The van der Waals surface area contributed by atoms with Gasteiger partial charge in [0.2, 0.25) is 0 Å². The van der Waals surface area contributed by atoms with E-state index in [1.165, 1.54) is 5.56 Å². The zero-order chi connectivity index (χ0) is 24.7. The summed E-state index contributed by atoms with van der Waals surface area (Å²) in [5.74, 6) is -0.110. The molecule has 0 aliphatic carbocycles. The van der Waals surface area contributed by atoms with Crippen LogP contribution in [0.3, 0.4) is 0 Å². The van der Waals surface area contributed by atoms with E-state index >= 15 is 0 Å². The van der Waals surface area contributed by atoms with E-state index in [1.54, 1.807) is 10.7 Å². The molecule has 0 radical (unpaired) electrons. The maximum Gasteiger partial charge on any atom is 0.256 e. The maximum absolute atomic E-state index is 13.5. The molecule has 2 aromatic carbocycles. The molecule has 0 bridgehead atoms. The predicted molar refractivity (Wildman–Crippen MR) is 141 cm³/mol. The molecule has 5 rings (SSSR count). The van der Waals surface area contributed by atoms with Gasteiger partial charge in [-0.1, -0.05) is 47.1 Å². The largest absolute Gasteiger partial charge is 0.322 e. The first-order chi connectivity index (χ1) is 16.7. The molecule has 1 saturated heterocycles. The lowest BCUT2D eigenvalue weighted by molar-refractivity contribution is 0.102.